The highest BCUT2D eigenvalue weighted by atomic mass is 79.9. The molecule has 1 N–H and O–H groups in total. The quantitative estimate of drug-likeness (QED) is 0.788. The molecule has 0 fully saturated rings. The third-order valence-electron chi connectivity index (χ3n) is 2.37. The minimum Gasteiger partial charge on any atom is -0.318 e. The zero-order chi connectivity index (χ0) is 14.0. The number of carbonyl (C=O) groups excluding carboxylic acids is 1. The molecule has 0 saturated heterocycles. The molecule has 0 aliphatic rings. The number of amides is 1. The summed E-state index contributed by atoms with van der Waals surface area (Å²) in [7, 11) is 0. The lowest BCUT2D eigenvalue weighted by Gasteiger charge is -2.09. The third-order valence-corrected chi connectivity index (χ3v) is 3.73. The van der Waals surface area contributed by atoms with E-state index in [9.17, 15) is 13.6 Å². The summed E-state index contributed by atoms with van der Waals surface area (Å²) in [6.45, 7) is 0. The molecule has 98 valence electrons. The molecule has 6 heteroatoms. The number of anilines is 1. The van der Waals surface area contributed by atoms with Gasteiger partial charge in [-0.25, -0.2) is 8.78 Å². The fourth-order valence-electron chi connectivity index (χ4n) is 1.47. The molecule has 19 heavy (non-hydrogen) atoms. The van der Waals surface area contributed by atoms with Crippen LogP contribution in [0.4, 0.5) is 14.5 Å². The van der Waals surface area contributed by atoms with Gasteiger partial charge >= 0.3 is 0 Å². The summed E-state index contributed by atoms with van der Waals surface area (Å²) < 4.78 is 27.5. The first-order chi connectivity index (χ1) is 8.99. The van der Waals surface area contributed by atoms with Gasteiger partial charge in [-0.05, 0) is 62.2 Å². The molecule has 0 heterocycles. The average Bonchev–Trinajstić information content (AvgIpc) is 2.37. The van der Waals surface area contributed by atoms with Gasteiger partial charge < -0.3 is 5.32 Å². The first-order valence-electron chi connectivity index (χ1n) is 5.19. The number of halogens is 4. The molecule has 0 spiro atoms. The van der Waals surface area contributed by atoms with E-state index in [2.05, 4.69) is 37.2 Å². The van der Waals surface area contributed by atoms with Gasteiger partial charge in [0.15, 0.2) is 0 Å². The molecule has 2 rings (SSSR count). The smallest absolute Gasteiger partial charge is 0.257 e. The summed E-state index contributed by atoms with van der Waals surface area (Å²) in [5, 5.41) is 2.41. The van der Waals surface area contributed by atoms with Gasteiger partial charge in [0.05, 0.1) is 11.3 Å². The van der Waals surface area contributed by atoms with E-state index in [0.29, 0.717) is 8.95 Å². The summed E-state index contributed by atoms with van der Waals surface area (Å²) >= 11 is 6.29. The minimum absolute atomic E-state index is 0.0173. The van der Waals surface area contributed by atoms with Crippen molar-refractivity contribution in [2.24, 2.45) is 0 Å². The zero-order valence-corrected chi connectivity index (χ0v) is 12.6. The number of rotatable bonds is 2. The van der Waals surface area contributed by atoms with E-state index < -0.39 is 17.5 Å². The largest absolute Gasteiger partial charge is 0.318 e. The van der Waals surface area contributed by atoms with Gasteiger partial charge in [0.1, 0.15) is 11.6 Å². The lowest BCUT2D eigenvalue weighted by atomic mass is 10.2. The Morgan fingerprint density at radius 2 is 1.79 bits per heavy atom. The average molecular weight is 391 g/mol. The van der Waals surface area contributed by atoms with Gasteiger partial charge in [0.2, 0.25) is 0 Å². The molecule has 0 unspecified atom stereocenters. The van der Waals surface area contributed by atoms with Gasteiger partial charge in [0, 0.05) is 8.95 Å². The summed E-state index contributed by atoms with van der Waals surface area (Å²) in [6, 6.07) is 8.04. The molecular formula is C13H7Br2F2NO. The zero-order valence-electron chi connectivity index (χ0n) is 9.38. The van der Waals surface area contributed by atoms with Crippen LogP contribution in [-0.2, 0) is 0 Å². The third kappa shape index (κ3) is 3.19. The van der Waals surface area contributed by atoms with Crippen LogP contribution in [0.2, 0.25) is 0 Å². The van der Waals surface area contributed by atoms with Crippen molar-refractivity contribution in [2.75, 3.05) is 5.32 Å². The van der Waals surface area contributed by atoms with E-state index in [-0.39, 0.29) is 11.3 Å². The number of hydrogen-bond donors (Lipinski definition) is 1. The molecule has 0 bridgehead atoms. The number of para-hydroxylation sites is 1. The van der Waals surface area contributed by atoms with Gasteiger partial charge in [-0.15, -0.1) is 0 Å². The second-order valence-corrected chi connectivity index (χ2v) is 5.38. The molecular weight excluding hydrogens is 384 g/mol. The van der Waals surface area contributed by atoms with Crippen molar-refractivity contribution in [1.82, 2.24) is 0 Å². The topological polar surface area (TPSA) is 29.1 Å². The van der Waals surface area contributed by atoms with Crippen molar-refractivity contribution >= 4 is 43.5 Å². The van der Waals surface area contributed by atoms with Crippen LogP contribution < -0.4 is 5.32 Å². The highest BCUT2D eigenvalue weighted by Gasteiger charge is 2.15. The number of benzene rings is 2. The Kier molecular flexibility index (Phi) is 4.31. The predicted molar refractivity (Wildman–Crippen MR) is 76.2 cm³/mol. The van der Waals surface area contributed by atoms with E-state index in [4.69, 9.17) is 0 Å². The second kappa shape index (κ2) is 5.79. The molecule has 0 atom stereocenters. The molecule has 0 aromatic heterocycles. The Bertz CT molecular complexity index is 626. The van der Waals surface area contributed by atoms with Gasteiger partial charge in [-0.3, -0.25) is 4.79 Å². The Balaban J connectivity index is 2.34. The first-order valence-corrected chi connectivity index (χ1v) is 6.78. The summed E-state index contributed by atoms with van der Waals surface area (Å²) in [4.78, 5) is 12.0. The highest BCUT2D eigenvalue weighted by Crippen LogP contribution is 2.27. The second-order valence-electron chi connectivity index (χ2n) is 3.67. The molecule has 2 aromatic carbocycles. The maximum Gasteiger partial charge on any atom is 0.257 e. The lowest BCUT2D eigenvalue weighted by molar-refractivity contribution is 0.102. The normalized spacial score (nSPS) is 10.3. The Morgan fingerprint density at radius 3 is 2.47 bits per heavy atom. The van der Waals surface area contributed by atoms with Crippen LogP contribution in [0.1, 0.15) is 10.4 Å². The van der Waals surface area contributed by atoms with E-state index in [1.54, 1.807) is 6.07 Å². The van der Waals surface area contributed by atoms with E-state index >= 15 is 0 Å². The Morgan fingerprint density at radius 1 is 1.05 bits per heavy atom. The molecule has 2 nitrogen and oxygen atoms in total. The predicted octanol–water partition coefficient (Wildman–Crippen LogP) is 4.74. The van der Waals surface area contributed by atoms with Crippen molar-refractivity contribution < 1.29 is 13.6 Å². The molecule has 0 saturated carbocycles. The Labute approximate surface area is 125 Å². The summed E-state index contributed by atoms with van der Waals surface area (Å²) in [5.74, 6) is -1.71. The van der Waals surface area contributed by atoms with Crippen LogP contribution in [0.3, 0.4) is 0 Å². The molecule has 2 aromatic rings. The van der Waals surface area contributed by atoms with Crippen molar-refractivity contribution in [3.63, 3.8) is 0 Å². The van der Waals surface area contributed by atoms with Crippen LogP contribution in [0.5, 0.6) is 0 Å². The van der Waals surface area contributed by atoms with Crippen LogP contribution >= 0.6 is 31.9 Å². The molecule has 1 amide bonds. The van der Waals surface area contributed by atoms with Crippen molar-refractivity contribution in [2.45, 2.75) is 0 Å². The van der Waals surface area contributed by atoms with Gasteiger partial charge in [0.25, 0.3) is 5.91 Å². The number of carbonyl (C=O) groups is 1. The standard InChI is InChI=1S/C13H7Br2F2NO/c14-9-5-4-7(16)6-8(9)13(19)18-12-10(15)2-1-3-11(12)17/h1-6H,(H,18,19). The monoisotopic (exact) mass is 389 g/mol. The Hall–Kier alpha value is -1.27. The maximum atomic E-state index is 13.6. The van der Waals surface area contributed by atoms with Crippen molar-refractivity contribution in [3.05, 3.63) is 62.5 Å². The minimum atomic E-state index is -0.600. The molecule has 0 aliphatic carbocycles. The van der Waals surface area contributed by atoms with Crippen LogP contribution in [-0.4, -0.2) is 5.91 Å². The SMILES string of the molecule is O=C(Nc1c(F)cccc1Br)c1cc(F)ccc1Br. The van der Waals surface area contributed by atoms with Crippen molar-refractivity contribution in [1.29, 1.82) is 0 Å². The van der Waals surface area contributed by atoms with E-state index in [0.717, 1.165) is 6.07 Å². The first kappa shape index (κ1) is 14.1. The summed E-state index contributed by atoms with van der Waals surface area (Å²) in [5.41, 5.74) is 0.110. The van der Waals surface area contributed by atoms with Crippen LogP contribution in [0, 0.1) is 11.6 Å². The van der Waals surface area contributed by atoms with Gasteiger partial charge in [-0.1, -0.05) is 6.07 Å². The lowest BCUT2D eigenvalue weighted by Crippen LogP contribution is -2.14. The van der Waals surface area contributed by atoms with Crippen LogP contribution in [0.15, 0.2) is 45.3 Å². The van der Waals surface area contributed by atoms with E-state index in [1.165, 1.54) is 24.3 Å². The van der Waals surface area contributed by atoms with Crippen molar-refractivity contribution in [3.8, 4) is 0 Å². The number of nitrogens with one attached hydrogen (secondary N) is 1. The maximum absolute atomic E-state index is 13.6. The van der Waals surface area contributed by atoms with Gasteiger partial charge in [-0.2, -0.15) is 0 Å². The fraction of sp³-hybridized carbons (Fsp3) is 0. The molecule has 0 radical (unpaired) electrons. The summed E-state index contributed by atoms with van der Waals surface area (Å²) in [6.07, 6.45) is 0. The number of hydrogen-bond acceptors (Lipinski definition) is 1. The molecule has 0 aliphatic heterocycles. The fourth-order valence-corrected chi connectivity index (χ4v) is 2.34. The van der Waals surface area contributed by atoms with Crippen LogP contribution in [0.25, 0.3) is 0 Å². The highest BCUT2D eigenvalue weighted by molar-refractivity contribution is 9.11. The van der Waals surface area contributed by atoms with E-state index in [1.807, 2.05) is 0 Å².